The summed E-state index contributed by atoms with van der Waals surface area (Å²) in [7, 11) is -6.00. The standard InChI is InChI=1S/C38H31N4O.BF4/c1-2-43-38(42-35-24-13-12-23-34(35)39-40-42)31-21-14-22-33(25-31)41-36(29-17-8-4-9-18-29)26-32(28-15-6-3-7-16-28)27-37(41)30-19-10-5-11-20-30;2-1(3,4)5/h3-27,38H,2H2,1H3;/q+1;-1. The molecule has 0 spiro atoms. The van der Waals surface area contributed by atoms with Gasteiger partial charge in [-0.05, 0) is 54.4 Å². The molecule has 2 aromatic heterocycles. The fraction of sp³-hybridized carbons (Fsp3) is 0.0789. The first-order chi connectivity index (χ1) is 23.3. The number of hydrogen-bond donors (Lipinski definition) is 0. The molecule has 0 fully saturated rings. The number of hydrogen-bond acceptors (Lipinski definition) is 3. The van der Waals surface area contributed by atoms with Crippen molar-refractivity contribution in [2.24, 2.45) is 0 Å². The maximum atomic E-state index is 9.75. The number of fused-ring (bicyclic) bond motifs is 1. The van der Waals surface area contributed by atoms with Gasteiger partial charge in [-0.3, -0.25) is 0 Å². The number of nitrogens with zero attached hydrogens (tertiary/aromatic N) is 4. The van der Waals surface area contributed by atoms with Crippen LogP contribution in [0.1, 0.15) is 18.7 Å². The van der Waals surface area contributed by atoms with Crippen LogP contribution in [-0.2, 0) is 4.74 Å². The predicted octanol–water partition coefficient (Wildman–Crippen LogP) is 9.59. The lowest BCUT2D eigenvalue weighted by Gasteiger charge is -2.19. The van der Waals surface area contributed by atoms with Crippen molar-refractivity contribution in [2.45, 2.75) is 13.2 Å². The SMILES string of the molecule is CCOC(c1cccc(-[n+]2c(-c3ccccc3)cc(-c3ccccc3)cc2-c2ccccc2)c1)n1nnc2ccccc21.F[B-](F)(F)F. The van der Waals surface area contributed by atoms with Crippen LogP contribution in [-0.4, -0.2) is 28.9 Å². The second-order valence-electron chi connectivity index (χ2n) is 10.9. The van der Waals surface area contributed by atoms with Gasteiger partial charge in [-0.25, -0.2) is 4.68 Å². The monoisotopic (exact) mass is 646 g/mol. The molecule has 0 amide bonds. The van der Waals surface area contributed by atoms with Crippen LogP contribution in [0.25, 0.3) is 50.4 Å². The molecule has 0 saturated heterocycles. The van der Waals surface area contributed by atoms with E-state index in [9.17, 15) is 17.3 Å². The lowest BCUT2D eigenvalue weighted by molar-refractivity contribution is -0.572. The van der Waals surface area contributed by atoms with Crippen LogP contribution in [0.15, 0.2) is 152 Å². The summed E-state index contributed by atoms with van der Waals surface area (Å²) in [6.07, 6.45) is -0.429. The summed E-state index contributed by atoms with van der Waals surface area (Å²) in [5, 5.41) is 8.91. The van der Waals surface area contributed by atoms with E-state index in [1.165, 1.54) is 5.56 Å². The molecule has 0 N–H and O–H groups in total. The highest BCUT2D eigenvalue weighted by atomic mass is 19.5. The van der Waals surface area contributed by atoms with Gasteiger partial charge in [0.2, 0.25) is 17.1 Å². The third-order valence-electron chi connectivity index (χ3n) is 7.65. The van der Waals surface area contributed by atoms with E-state index >= 15 is 0 Å². The van der Waals surface area contributed by atoms with E-state index < -0.39 is 13.5 Å². The second kappa shape index (κ2) is 14.4. The number of para-hydroxylation sites is 1. The highest BCUT2D eigenvalue weighted by Gasteiger charge is 2.27. The van der Waals surface area contributed by atoms with E-state index in [1.807, 2.05) is 35.9 Å². The van der Waals surface area contributed by atoms with E-state index in [1.54, 1.807) is 0 Å². The molecule has 48 heavy (non-hydrogen) atoms. The fourth-order valence-corrected chi connectivity index (χ4v) is 5.66. The van der Waals surface area contributed by atoms with Crippen molar-refractivity contribution in [1.82, 2.24) is 15.0 Å². The summed E-state index contributed by atoms with van der Waals surface area (Å²) in [5.74, 6) is 0. The van der Waals surface area contributed by atoms with Gasteiger partial charge in [-0.2, -0.15) is 4.57 Å². The van der Waals surface area contributed by atoms with Crippen molar-refractivity contribution in [3.05, 3.63) is 157 Å². The highest BCUT2D eigenvalue weighted by Crippen LogP contribution is 2.32. The van der Waals surface area contributed by atoms with Gasteiger partial charge in [-0.15, -0.1) is 5.10 Å². The lowest BCUT2D eigenvalue weighted by Crippen LogP contribution is -2.36. The number of aromatic nitrogens is 4. The van der Waals surface area contributed by atoms with Crippen LogP contribution in [0.5, 0.6) is 0 Å². The molecule has 5 nitrogen and oxygen atoms in total. The number of ether oxygens (including phenoxy) is 1. The molecular weight excluding hydrogens is 615 g/mol. The Hall–Kier alpha value is -5.61. The van der Waals surface area contributed by atoms with Crippen molar-refractivity contribution < 1.29 is 26.6 Å². The van der Waals surface area contributed by atoms with Crippen molar-refractivity contribution in [3.63, 3.8) is 0 Å². The van der Waals surface area contributed by atoms with Crippen molar-refractivity contribution in [1.29, 1.82) is 0 Å². The van der Waals surface area contributed by atoms with Gasteiger partial charge >= 0.3 is 7.25 Å². The molecule has 0 aliphatic heterocycles. The minimum absolute atomic E-state index is 0.429. The normalized spacial score (nSPS) is 11.9. The van der Waals surface area contributed by atoms with E-state index in [-0.39, 0.29) is 0 Å². The zero-order valence-corrected chi connectivity index (χ0v) is 26.0. The Labute approximate surface area is 275 Å². The Bertz CT molecular complexity index is 2040. The average Bonchev–Trinajstić information content (AvgIpc) is 3.54. The van der Waals surface area contributed by atoms with E-state index in [2.05, 4.69) is 142 Å². The Morgan fingerprint density at radius 3 is 1.71 bits per heavy atom. The van der Waals surface area contributed by atoms with Gasteiger partial charge in [0.05, 0.1) is 5.52 Å². The minimum atomic E-state index is -6.00. The van der Waals surface area contributed by atoms with Gasteiger partial charge in [0.1, 0.15) is 5.52 Å². The van der Waals surface area contributed by atoms with Gasteiger partial charge < -0.3 is 22.0 Å². The summed E-state index contributed by atoms with van der Waals surface area (Å²) >= 11 is 0. The van der Waals surface area contributed by atoms with E-state index in [4.69, 9.17) is 4.74 Å². The van der Waals surface area contributed by atoms with Gasteiger partial charge in [-0.1, -0.05) is 96.2 Å². The van der Waals surface area contributed by atoms with Gasteiger partial charge in [0, 0.05) is 47.6 Å². The Balaban J connectivity index is 0.000000749. The Morgan fingerprint density at radius 2 is 1.15 bits per heavy atom. The average molecular weight is 646 g/mol. The Kier molecular flexibility index (Phi) is 9.73. The molecule has 0 bridgehead atoms. The van der Waals surface area contributed by atoms with Crippen LogP contribution < -0.4 is 4.57 Å². The first-order valence-electron chi connectivity index (χ1n) is 15.5. The molecule has 240 valence electrons. The molecule has 0 radical (unpaired) electrons. The topological polar surface area (TPSA) is 43.8 Å². The lowest BCUT2D eigenvalue weighted by atomic mass is 9.98. The van der Waals surface area contributed by atoms with Crippen molar-refractivity contribution in [3.8, 4) is 39.3 Å². The second-order valence-corrected chi connectivity index (χ2v) is 10.9. The van der Waals surface area contributed by atoms with Gasteiger partial charge in [0.15, 0.2) is 6.23 Å². The first-order valence-corrected chi connectivity index (χ1v) is 15.5. The van der Waals surface area contributed by atoms with E-state index in [0.717, 1.165) is 50.4 Å². The number of pyridine rings is 1. The molecule has 0 saturated carbocycles. The number of rotatable bonds is 8. The summed E-state index contributed by atoms with van der Waals surface area (Å²) in [6, 6.07) is 52.8. The molecule has 0 aliphatic carbocycles. The third kappa shape index (κ3) is 7.51. The summed E-state index contributed by atoms with van der Waals surface area (Å²) in [5.41, 5.74) is 10.6. The third-order valence-corrected chi connectivity index (χ3v) is 7.65. The van der Waals surface area contributed by atoms with Crippen LogP contribution >= 0.6 is 0 Å². The minimum Gasteiger partial charge on any atom is -0.418 e. The molecule has 1 unspecified atom stereocenters. The summed E-state index contributed by atoms with van der Waals surface area (Å²) < 4.78 is 49.6. The molecule has 1 atom stereocenters. The number of benzene rings is 5. The van der Waals surface area contributed by atoms with Crippen LogP contribution in [0, 0.1) is 0 Å². The van der Waals surface area contributed by atoms with Gasteiger partial charge in [0.25, 0.3) is 0 Å². The molecule has 5 aromatic carbocycles. The molecule has 10 heteroatoms. The molecule has 7 rings (SSSR count). The fourth-order valence-electron chi connectivity index (χ4n) is 5.66. The zero-order chi connectivity index (χ0) is 33.5. The van der Waals surface area contributed by atoms with Crippen LogP contribution in [0.3, 0.4) is 0 Å². The Morgan fingerprint density at radius 1 is 0.625 bits per heavy atom. The maximum Gasteiger partial charge on any atom is 0.673 e. The van der Waals surface area contributed by atoms with Crippen molar-refractivity contribution in [2.75, 3.05) is 6.61 Å². The molecule has 7 aromatic rings. The van der Waals surface area contributed by atoms with Crippen LogP contribution in [0.2, 0.25) is 0 Å². The van der Waals surface area contributed by atoms with E-state index in [0.29, 0.717) is 6.61 Å². The molecule has 2 heterocycles. The quantitative estimate of drug-likeness (QED) is 0.0939. The zero-order valence-electron chi connectivity index (χ0n) is 26.0. The summed E-state index contributed by atoms with van der Waals surface area (Å²) in [6.45, 7) is 2.54. The summed E-state index contributed by atoms with van der Waals surface area (Å²) in [4.78, 5) is 0. The molecule has 0 aliphatic rings. The number of halogens is 4. The van der Waals surface area contributed by atoms with Crippen molar-refractivity contribution >= 4 is 18.3 Å². The first kappa shape index (κ1) is 32.3. The maximum absolute atomic E-state index is 9.75. The largest absolute Gasteiger partial charge is 0.673 e. The van der Waals surface area contributed by atoms with Crippen LogP contribution in [0.4, 0.5) is 17.3 Å². The smallest absolute Gasteiger partial charge is 0.418 e. The molecular formula is C38H31BF4N4O. The highest BCUT2D eigenvalue weighted by molar-refractivity contribution is 6.50. The predicted molar refractivity (Wildman–Crippen MR) is 182 cm³/mol.